The van der Waals surface area contributed by atoms with E-state index in [0.717, 1.165) is 55.5 Å². The summed E-state index contributed by atoms with van der Waals surface area (Å²) in [5, 5.41) is 6.98. The summed E-state index contributed by atoms with van der Waals surface area (Å²) in [5.41, 5.74) is 3.54. The topological polar surface area (TPSA) is 56.3 Å². The molecule has 0 atom stereocenters. The number of hydrogen-bond acceptors (Lipinski definition) is 6. The molecular formula is C24H30N6. The minimum absolute atomic E-state index is 0.442. The van der Waals surface area contributed by atoms with E-state index in [-0.39, 0.29) is 0 Å². The molecule has 0 radical (unpaired) electrons. The number of hydrogen-bond donors (Lipinski definition) is 2. The minimum atomic E-state index is 0.442. The largest absolute Gasteiger partial charge is 0.378 e. The third-order valence-corrected chi connectivity index (χ3v) is 5.49. The van der Waals surface area contributed by atoms with Gasteiger partial charge in [-0.25, -0.2) is 9.97 Å². The normalized spacial score (nSPS) is 15.0. The monoisotopic (exact) mass is 402 g/mol. The molecule has 6 nitrogen and oxygen atoms in total. The zero-order valence-electron chi connectivity index (χ0n) is 17.8. The maximum Gasteiger partial charge on any atom is 0.135 e. The lowest BCUT2D eigenvalue weighted by atomic mass is 10.0. The van der Waals surface area contributed by atoms with Gasteiger partial charge in [-0.05, 0) is 36.6 Å². The van der Waals surface area contributed by atoms with Crippen molar-refractivity contribution in [2.24, 2.45) is 0 Å². The smallest absolute Gasteiger partial charge is 0.135 e. The second-order valence-electron chi connectivity index (χ2n) is 8.04. The maximum absolute atomic E-state index is 4.42. The molecule has 0 unspecified atom stereocenters. The first-order valence-electron chi connectivity index (χ1n) is 10.5. The van der Waals surface area contributed by atoms with Crippen LogP contribution in [0.25, 0.3) is 0 Å². The highest BCUT2D eigenvalue weighted by molar-refractivity contribution is 5.64. The van der Waals surface area contributed by atoms with Gasteiger partial charge in [0.1, 0.15) is 18.0 Å². The Bertz CT molecular complexity index is 935. The van der Waals surface area contributed by atoms with Gasteiger partial charge in [0.05, 0.1) is 0 Å². The number of nitrogens with zero attached hydrogens (tertiary/aromatic N) is 4. The van der Waals surface area contributed by atoms with Crippen LogP contribution in [0.1, 0.15) is 18.4 Å². The van der Waals surface area contributed by atoms with Gasteiger partial charge >= 0.3 is 0 Å². The Kier molecular flexibility index (Phi) is 6.44. The lowest BCUT2D eigenvalue weighted by Crippen LogP contribution is -2.38. The number of nitrogens with one attached hydrogen (secondary N) is 2. The second kappa shape index (κ2) is 9.59. The second-order valence-corrected chi connectivity index (χ2v) is 8.04. The van der Waals surface area contributed by atoms with E-state index in [1.807, 2.05) is 32.3 Å². The van der Waals surface area contributed by atoms with Crippen LogP contribution in [0.5, 0.6) is 0 Å². The molecular weight excluding hydrogens is 372 g/mol. The summed E-state index contributed by atoms with van der Waals surface area (Å²) < 4.78 is 0. The summed E-state index contributed by atoms with van der Waals surface area (Å²) in [6.07, 6.45) is 3.85. The molecule has 3 aromatic rings. The van der Waals surface area contributed by atoms with Crippen LogP contribution in [0.3, 0.4) is 0 Å². The Morgan fingerprint density at radius 1 is 0.933 bits per heavy atom. The van der Waals surface area contributed by atoms with Gasteiger partial charge in [-0.2, -0.15) is 0 Å². The predicted molar refractivity (Wildman–Crippen MR) is 124 cm³/mol. The molecule has 156 valence electrons. The molecule has 1 fully saturated rings. The summed E-state index contributed by atoms with van der Waals surface area (Å²) in [7, 11) is 4.08. The van der Waals surface area contributed by atoms with Crippen molar-refractivity contribution in [3.63, 3.8) is 0 Å². The van der Waals surface area contributed by atoms with Crippen molar-refractivity contribution in [2.75, 3.05) is 42.7 Å². The van der Waals surface area contributed by atoms with Crippen LogP contribution in [0, 0.1) is 0 Å². The fourth-order valence-corrected chi connectivity index (χ4v) is 3.80. The average molecular weight is 403 g/mol. The highest BCUT2D eigenvalue weighted by atomic mass is 15.2. The van der Waals surface area contributed by atoms with Crippen molar-refractivity contribution in [1.29, 1.82) is 0 Å². The number of rotatable bonds is 7. The number of aromatic nitrogens is 2. The molecule has 1 aromatic heterocycles. The first-order valence-corrected chi connectivity index (χ1v) is 10.5. The van der Waals surface area contributed by atoms with Gasteiger partial charge in [0, 0.05) is 57.2 Å². The predicted octanol–water partition coefficient (Wildman–Crippen LogP) is 4.36. The molecule has 0 spiro atoms. The van der Waals surface area contributed by atoms with Crippen molar-refractivity contribution in [1.82, 2.24) is 14.9 Å². The van der Waals surface area contributed by atoms with Gasteiger partial charge in [-0.1, -0.05) is 36.4 Å². The zero-order valence-corrected chi connectivity index (χ0v) is 17.8. The van der Waals surface area contributed by atoms with Crippen LogP contribution in [0.2, 0.25) is 0 Å². The average Bonchev–Trinajstić information content (AvgIpc) is 2.76. The molecule has 0 amide bonds. The molecule has 0 aliphatic carbocycles. The molecule has 30 heavy (non-hydrogen) atoms. The van der Waals surface area contributed by atoms with E-state index < -0.39 is 0 Å². The van der Waals surface area contributed by atoms with Gasteiger partial charge in [0.2, 0.25) is 0 Å². The molecule has 2 aromatic carbocycles. The molecule has 1 aliphatic rings. The van der Waals surface area contributed by atoms with Crippen LogP contribution < -0.4 is 15.5 Å². The van der Waals surface area contributed by atoms with Gasteiger partial charge in [-0.3, -0.25) is 4.90 Å². The third-order valence-electron chi connectivity index (χ3n) is 5.49. The van der Waals surface area contributed by atoms with Crippen molar-refractivity contribution in [3.05, 3.63) is 72.6 Å². The Labute approximate surface area is 179 Å². The number of benzene rings is 2. The highest BCUT2D eigenvalue weighted by Gasteiger charge is 2.19. The van der Waals surface area contributed by atoms with E-state index in [4.69, 9.17) is 0 Å². The van der Waals surface area contributed by atoms with Crippen LogP contribution in [-0.4, -0.2) is 48.1 Å². The third kappa shape index (κ3) is 5.48. The highest BCUT2D eigenvalue weighted by Crippen LogP contribution is 2.22. The molecule has 0 bridgehead atoms. The Morgan fingerprint density at radius 3 is 2.47 bits per heavy atom. The van der Waals surface area contributed by atoms with Crippen LogP contribution in [0.15, 0.2) is 67.0 Å². The van der Waals surface area contributed by atoms with E-state index in [0.29, 0.717) is 6.04 Å². The summed E-state index contributed by atoms with van der Waals surface area (Å²) in [6, 6.07) is 21.4. The zero-order chi connectivity index (χ0) is 20.8. The van der Waals surface area contributed by atoms with Gasteiger partial charge in [0.15, 0.2) is 0 Å². The van der Waals surface area contributed by atoms with Crippen molar-refractivity contribution in [3.8, 4) is 0 Å². The van der Waals surface area contributed by atoms with Crippen LogP contribution in [0.4, 0.5) is 23.0 Å². The number of anilines is 4. The molecule has 1 aliphatic heterocycles. The Hall–Kier alpha value is -3.12. The number of likely N-dealkylation sites (tertiary alicyclic amines) is 1. The molecule has 2 N–H and O–H groups in total. The van der Waals surface area contributed by atoms with Crippen molar-refractivity contribution in [2.45, 2.75) is 25.4 Å². The van der Waals surface area contributed by atoms with E-state index in [1.54, 1.807) is 6.33 Å². The van der Waals surface area contributed by atoms with E-state index >= 15 is 0 Å². The van der Waals surface area contributed by atoms with E-state index in [9.17, 15) is 0 Å². The lowest BCUT2D eigenvalue weighted by Gasteiger charge is -2.32. The standard InChI is InChI=1S/C24H30N6/c1-29(2)22-10-6-9-21(15-22)28-24-16-23(25-18-26-24)27-20-11-13-30(14-12-20)17-19-7-4-3-5-8-19/h3-10,15-16,18,20H,11-14,17H2,1-2H3,(H2,25,26,27,28). The van der Waals surface area contributed by atoms with Crippen LogP contribution >= 0.6 is 0 Å². The molecule has 6 heteroatoms. The molecule has 1 saturated heterocycles. The molecule has 0 saturated carbocycles. The fourth-order valence-electron chi connectivity index (χ4n) is 3.80. The van der Waals surface area contributed by atoms with Gasteiger partial charge in [0.25, 0.3) is 0 Å². The first kappa shape index (κ1) is 20.2. The lowest BCUT2D eigenvalue weighted by molar-refractivity contribution is 0.211. The fraction of sp³-hybridized carbons (Fsp3) is 0.333. The van der Waals surface area contributed by atoms with E-state index in [2.05, 4.69) is 72.9 Å². The molecule has 2 heterocycles. The van der Waals surface area contributed by atoms with Crippen molar-refractivity contribution < 1.29 is 0 Å². The quantitative estimate of drug-likeness (QED) is 0.612. The number of piperidine rings is 1. The summed E-state index contributed by atoms with van der Waals surface area (Å²) in [5.74, 6) is 1.67. The SMILES string of the molecule is CN(C)c1cccc(Nc2cc(NC3CCN(Cc4ccccc4)CC3)ncn2)c1. The first-order chi connectivity index (χ1) is 14.7. The van der Waals surface area contributed by atoms with Crippen molar-refractivity contribution >= 4 is 23.0 Å². The maximum atomic E-state index is 4.42. The summed E-state index contributed by atoms with van der Waals surface area (Å²) in [4.78, 5) is 13.4. The van der Waals surface area contributed by atoms with E-state index in [1.165, 1.54) is 5.56 Å². The minimum Gasteiger partial charge on any atom is -0.378 e. The Morgan fingerprint density at radius 2 is 1.70 bits per heavy atom. The Balaban J connectivity index is 1.31. The van der Waals surface area contributed by atoms with Crippen LogP contribution in [-0.2, 0) is 6.54 Å². The van der Waals surface area contributed by atoms with Gasteiger partial charge in [-0.15, -0.1) is 0 Å². The van der Waals surface area contributed by atoms with Gasteiger partial charge < -0.3 is 15.5 Å². The summed E-state index contributed by atoms with van der Waals surface area (Å²) in [6.45, 7) is 3.22. The molecule has 4 rings (SSSR count). The summed E-state index contributed by atoms with van der Waals surface area (Å²) >= 11 is 0.